The molecule has 1 atom stereocenters. The summed E-state index contributed by atoms with van der Waals surface area (Å²) in [6, 6.07) is 16.3. The van der Waals surface area contributed by atoms with E-state index in [0.717, 1.165) is 39.4 Å². The number of anilines is 1. The SMILES string of the molecule is CN(C(=O)[C@@H]1CCc2ccccc21)c1cnn(-c2nc3ccccc3s2)c1. The lowest BCUT2D eigenvalue weighted by molar-refractivity contribution is -0.119. The number of rotatable bonds is 3. The van der Waals surface area contributed by atoms with E-state index in [1.165, 1.54) is 5.56 Å². The van der Waals surface area contributed by atoms with Gasteiger partial charge in [-0.05, 0) is 36.1 Å². The lowest BCUT2D eigenvalue weighted by Crippen LogP contribution is -2.30. The summed E-state index contributed by atoms with van der Waals surface area (Å²) in [7, 11) is 1.82. The van der Waals surface area contributed by atoms with Crippen molar-refractivity contribution < 1.29 is 4.79 Å². The third kappa shape index (κ3) is 2.73. The van der Waals surface area contributed by atoms with Crippen LogP contribution >= 0.6 is 11.3 Å². The van der Waals surface area contributed by atoms with Crippen molar-refractivity contribution in [1.29, 1.82) is 0 Å². The molecule has 5 nitrogen and oxygen atoms in total. The number of nitrogens with zero attached hydrogens (tertiary/aromatic N) is 4. The van der Waals surface area contributed by atoms with E-state index in [1.807, 2.05) is 49.6 Å². The molecule has 0 saturated carbocycles. The average Bonchev–Trinajstić information content (AvgIpc) is 3.43. The number of para-hydroxylation sites is 1. The van der Waals surface area contributed by atoms with E-state index in [2.05, 4.69) is 22.2 Å². The van der Waals surface area contributed by atoms with Gasteiger partial charge in [0.05, 0.1) is 34.2 Å². The quantitative estimate of drug-likeness (QED) is 0.541. The van der Waals surface area contributed by atoms with Crippen LogP contribution in [0.1, 0.15) is 23.5 Å². The molecule has 6 heteroatoms. The van der Waals surface area contributed by atoms with Crippen molar-refractivity contribution in [3.8, 4) is 5.13 Å². The third-order valence-electron chi connectivity index (χ3n) is 5.20. The van der Waals surface area contributed by atoms with Crippen molar-refractivity contribution in [3.63, 3.8) is 0 Å². The molecule has 0 fully saturated rings. The minimum Gasteiger partial charge on any atom is -0.312 e. The number of likely N-dealkylation sites (N-methyl/N-ethyl adjacent to an activating group) is 1. The number of fused-ring (bicyclic) bond motifs is 2. The molecule has 27 heavy (non-hydrogen) atoms. The van der Waals surface area contributed by atoms with E-state index >= 15 is 0 Å². The Balaban J connectivity index is 1.41. The molecule has 2 heterocycles. The van der Waals surface area contributed by atoms with Crippen molar-refractivity contribution >= 4 is 33.1 Å². The van der Waals surface area contributed by atoms with E-state index in [1.54, 1.807) is 27.1 Å². The minimum absolute atomic E-state index is 0.0722. The fourth-order valence-electron chi connectivity index (χ4n) is 3.72. The van der Waals surface area contributed by atoms with Gasteiger partial charge in [0.25, 0.3) is 0 Å². The van der Waals surface area contributed by atoms with Crippen molar-refractivity contribution in [2.75, 3.05) is 11.9 Å². The first-order valence-corrected chi connectivity index (χ1v) is 9.78. The fourth-order valence-corrected chi connectivity index (χ4v) is 4.62. The Morgan fingerprint density at radius 1 is 1.19 bits per heavy atom. The van der Waals surface area contributed by atoms with Crippen molar-refractivity contribution in [1.82, 2.24) is 14.8 Å². The molecule has 5 rings (SSSR count). The van der Waals surface area contributed by atoms with Crippen LogP contribution in [0.4, 0.5) is 5.69 Å². The van der Waals surface area contributed by atoms with Gasteiger partial charge in [-0.1, -0.05) is 47.7 Å². The first kappa shape index (κ1) is 16.2. The highest BCUT2D eigenvalue weighted by Gasteiger charge is 2.31. The summed E-state index contributed by atoms with van der Waals surface area (Å²) in [6.07, 6.45) is 5.43. The van der Waals surface area contributed by atoms with Gasteiger partial charge in [0.15, 0.2) is 0 Å². The van der Waals surface area contributed by atoms with E-state index in [-0.39, 0.29) is 11.8 Å². The molecular formula is C21H18N4OS. The van der Waals surface area contributed by atoms with Crippen LogP contribution in [0.15, 0.2) is 60.9 Å². The Hall–Kier alpha value is -2.99. The molecule has 1 amide bonds. The molecule has 0 spiro atoms. The zero-order valence-electron chi connectivity index (χ0n) is 14.9. The maximum absolute atomic E-state index is 13.1. The van der Waals surface area contributed by atoms with E-state index in [4.69, 9.17) is 0 Å². The number of hydrogen-bond acceptors (Lipinski definition) is 4. The minimum atomic E-state index is -0.0722. The summed E-state index contributed by atoms with van der Waals surface area (Å²) in [4.78, 5) is 19.4. The van der Waals surface area contributed by atoms with Crippen LogP contribution in [0.5, 0.6) is 0 Å². The van der Waals surface area contributed by atoms with E-state index in [0.29, 0.717) is 0 Å². The van der Waals surface area contributed by atoms with Crippen LogP contribution in [0.2, 0.25) is 0 Å². The van der Waals surface area contributed by atoms with Gasteiger partial charge >= 0.3 is 0 Å². The molecule has 0 bridgehead atoms. The number of aryl methyl sites for hydroxylation is 1. The first-order valence-electron chi connectivity index (χ1n) is 8.97. The predicted molar refractivity (Wildman–Crippen MR) is 108 cm³/mol. The third-order valence-corrected chi connectivity index (χ3v) is 6.22. The van der Waals surface area contributed by atoms with Crippen LogP contribution in [0, 0.1) is 0 Å². The van der Waals surface area contributed by atoms with E-state index < -0.39 is 0 Å². The zero-order valence-corrected chi connectivity index (χ0v) is 15.7. The molecule has 2 aromatic carbocycles. The summed E-state index contributed by atoms with van der Waals surface area (Å²) in [6.45, 7) is 0. The van der Waals surface area contributed by atoms with Gasteiger partial charge in [0, 0.05) is 7.05 Å². The predicted octanol–water partition coefficient (Wildman–Crippen LogP) is 4.17. The van der Waals surface area contributed by atoms with Crippen molar-refractivity contribution in [2.45, 2.75) is 18.8 Å². The molecule has 0 radical (unpaired) electrons. The Kier molecular flexibility index (Phi) is 3.79. The lowest BCUT2D eigenvalue weighted by Gasteiger charge is -2.20. The van der Waals surface area contributed by atoms with Gasteiger partial charge in [-0.25, -0.2) is 9.67 Å². The second kappa shape index (κ2) is 6.32. The van der Waals surface area contributed by atoms with Gasteiger partial charge in [0.2, 0.25) is 11.0 Å². The molecule has 0 aliphatic heterocycles. The number of carbonyl (C=O) groups excluding carboxylic acids is 1. The molecule has 0 N–H and O–H groups in total. The number of benzene rings is 2. The Morgan fingerprint density at radius 3 is 2.89 bits per heavy atom. The normalized spacial score (nSPS) is 15.8. The monoisotopic (exact) mass is 374 g/mol. The molecule has 0 unspecified atom stereocenters. The lowest BCUT2D eigenvalue weighted by atomic mass is 10.00. The number of aromatic nitrogens is 3. The van der Waals surface area contributed by atoms with Gasteiger partial charge in [0.1, 0.15) is 0 Å². The summed E-state index contributed by atoms with van der Waals surface area (Å²) in [5, 5.41) is 5.23. The van der Waals surface area contributed by atoms with Crippen LogP contribution < -0.4 is 4.90 Å². The second-order valence-corrected chi connectivity index (χ2v) is 7.80. The highest BCUT2D eigenvalue weighted by atomic mass is 32.1. The topological polar surface area (TPSA) is 51.0 Å². The molecule has 0 saturated heterocycles. The number of carbonyl (C=O) groups is 1. The molecule has 2 aromatic heterocycles. The van der Waals surface area contributed by atoms with Crippen LogP contribution in [-0.2, 0) is 11.2 Å². The highest BCUT2D eigenvalue weighted by molar-refractivity contribution is 7.20. The highest BCUT2D eigenvalue weighted by Crippen LogP contribution is 2.35. The first-order chi connectivity index (χ1) is 13.2. The Morgan fingerprint density at radius 2 is 2.00 bits per heavy atom. The summed E-state index contributed by atoms with van der Waals surface area (Å²) in [5.41, 5.74) is 4.19. The van der Waals surface area contributed by atoms with Crippen LogP contribution in [0.3, 0.4) is 0 Å². The van der Waals surface area contributed by atoms with Gasteiger partial charge < -0.3 is 4.90 Å². The number of hydrogen-bond donors (Lipinski definition) is 0. The smallest absolute Gasteiger partial charge is 0.234 e. The largest absolute Gasteiger partial charge is 0.312 e. The van der Waals surface area contributed by atoms with Gasteiger partial charge in [-0.2, -0.15) is 5.10 Å². The van der Waals surface area contributed by atoms with E-state index in [9.17, 15) is 4.79 Å². The molecule has 1 aliphatic rings. The molecular weight excluding hydrogens is 356 g/mol. The van der Waals surface area contributed by atoms with Gasteiger partial charge in [-0.15, -0.1) is 0 Å². The van der Waals surface area contributed by atoms with Crippen molar-refractivity contribution in [2.24, 2.45) is 0 Å². The molecule has 4 aromatic rings. The number of thiazole rings is 1. The van der Waals surface area contributed by atoms with Crippen LogP contribution in [0.25, 0.3) is 15.3 Å². The van der Waals surface area contributed by atoms with Gasteiger partial charge in [-0.3, -0.25) is 4.79 Å². The Bertz CT molecular complexity index is 1110. The van der Waals surface area contributed by atoms with Crippen molar-refractivity contribution in [3.05, 3.63) is 72.1 Å². The number of amides is 1. The summed E-state index contributed by atoms with van der Waals surface area (Å²) < 4.78 is 2.86. The zero-order chi connectivity index (χ0) is 18.4. The maximum Gasteiger partial charge on any atom is 0.234 e. The maximum atomic E-state index is 13.1. The molecule has 134 valence electrons. The van der Waals surface area contributed by atoms with Crippen LogP contribution in [-0.4, -0.2) is 27.7 Å². The Labute approximate surface area is 160 Å². The summed E-state index contributed by atoms with van der Waals surface area (Å²) >= 11 is 1.59. The average molecular weight is 374 g/mol. The molecule has 1 aliphatic carbocycles. The summed E-state index contributed by atoms with van der Waals surface area (Å²) in [5.74, 6) is 0.0424. The fraction of sp³-hybridized carbons (Fsp3) is 0.190. The second-order valence-electron chi connectivity index (χ2n) is 6.79. The standard InChI is InChI=1S/C21H18N4OS/c1-24(20(26)17-11-10-14-6-2-3-7-16(14)17)15-12-22-25(13-15)21-23-18-8-4-5-9-19(18)27-21/h2-9,12-13,17H,10-11H2,1H3/t17-/m1/s1.